The van der Waals surface area contributed by atoms with E-state index in [-0.39, 0.29) is 12.0 Å². The third kappa shape index (κ3) is 1.97. The lowest BCUT2D eigenvalue weighted by atomic mass is 9.80. The minimum Gasteiger partial charge on any atom is -0.393 e. The van der Waals surface area contributed by atoms with Crippen molar-refractivity contribution in [2.45, 2.75) is 32.3 Å². The van der Waals surface area contributed by atoms with Gasteiger partial charge < -0.3 is 10.0 Å². The number of rotatable bonds is 1. The Bertz CT molecular complexity index is 456. The Kier molecular flexibility index (Phi) is 3.16. The topological polar surface area (TPSA) is 40.5 Å². The van der Waals surface area contributed by atoms with Crippen molar-refractivity contribution in [3.63, 3.8) is 0 Å². The standard InChI is InChI=1S/C14H19NO2S/c1-9-5-6-18-13(9)14(17)15-7-10-3-2-4-12(16)11(10)8-15/h5-6,10-12,16H,2-4,7-8H2,1H3/t10-,11+,12-/m1/s1. The number of nitrogens with zero attached hydrogens (tertiary/aromatic N) is 1. The molecule has 1 saturated carbocycles. The molecule has 98 valence electrons. The second-order valence-electron chi connectivity index (χ2n) is 5.57. The molecule has 3 rings (SSSR count). The summed E-state index contributed by atoms with van der Waals surface area (Å²) in [5.41, 5.74) is 1.07. The number of amides is 1. The predicted molar refractivity (Wildman–Crippen MR) is 71.8 cm³/mol. The van der Waals surface area contributed by atoms with Gasteiger partial charge in [-0.1, -0.05) is 6.42 Å². The number of aryl methyl sites for hydroxylation is 1. The summed E-state index contributed by atoms with van der Waals surface area (Å²) < 4.78 is 0. The van der Waals surface area contributed by atoms with E-state index in [4.69, 9.17) is 0 Å². The third-order valence-corrected chi connectivity index (χ3v) is 5.41. The summed E-state index contributed by atoms with van der Waals surface area (Å²) in [7, 11) is 0. The number of hydrogen-bond donors (Lipinski definition) is 1. The molecule has 1 N–H and O–H groups in total. The van der Waals surface area contributed by atoms with E-state index in [1.165, 1.54) is 11.3 Å². The van der Waals surface area contributed by atoms with Crippen molar-refractivity contribution in [2.24, 2.45) is 11.8 Å². The van der Waals surface area contributed by atoms with Crippen LogP contribution in [0.5, 0.6) is 0 Å². The zero-order valence-electron chi connectivity index (χ0n) is 10.6. The van der Waals surface area contributed by atoms with Gasteiger partial charge in [-0.15, -0.1) is 11.3 Å². The van der Waals surface area contributed by atoms with Crippen molar-refractivity contribution in [1.82, 2.24) is 4.90 Å². The molecule has 2 fully saturated rings. The van der Waals surface area contributed by atoms with E-state index in [0.717, 1.165) is 42.8 Å². The van der Waals surface area contributed by atoms with E-state index >= 15 is 0 Å². The molecule has 0 aromatic carbocycles. The molecule has 1 aromatic rings. The highest BCUT2D eigenvalue weighted by atomic mass is 32.1. The SMILES string of the molecule is Cc1ccsc1C(=O)N1C[C@H]2CCC[C@@H](O)[C@H]2C1. The number of likely N-dealkylation sites (tertiary alicyclic amines) is 1. The van der Waals surface area contributed by atoms with Crippen LogP contribution >= 0.6 is 11.3 Å². The molecule has 4 heteroatoms. The Morgan fingerprint density at radius 2 is 2.28 bits per heavy atom. The zero-order chi connectivity index (χ0) is 12.7. The third-order valence-electron chi connectivity index (χ3n) is 4.40. The van der Waals surface area contributed by atoms with Gasteiger partial charge in [0.25, 0.3) is 5.91 Å². The summed E-state index contributed by atoms with van der Waals surface area (Å²) in [5.74, 6) is 0.977. The maximum atomic E-state index is 12.4. The van der Waals surface area contributed by atoms with Crippen LogP contribution in [-0.4, -0.2) is 35.1 Å². The van der Waals surface area contributed by atoms with Crippen LogP contribution in [0.25, 0.3) is 0 Å². The summed E-state index contributed by atoms with van der Waals surface area (Å²) in [6.45, 7) is 3.56. The van der Waals surface area contributed by atoms with Crippen molar-refractivity contribution in [1.29, 1.82) is 0 Å². The Morgan fingerprint density at radius 1 is 1.44 bits per heavy atom. The zero-order valence-corrected chi connectivity index (χ0v) is 11.4. The summed E-state index contributed by atoms with van der Waals surface area (Å²) >= 11 is 1.52. The number of aliphatic hydroxyl groups is 1. The van der Waals surface area contributed by atoms with Gasteiger partial charge in [0.2, 0.25) is 0 Å². The first-order valence-electron chi connectivity index (χ1n) is 6.68. The summed E-state index contributed by atoms with van der Waals surface area (Å²) in [5, 5.41) is 12.0. The van der Waals surface area contributed by atoms with Crippen molar-refractivity contribution in [3.05, 3.63) is 21.9 Å². The fourth-order valence-corrected chi connectivity index (χ4v) is 4.23. The van der Waals surface area contributed by atoms with Crippen molar-refractivity contribution in [3.8, 4) is 0 Å². The number of carbonyl (C=O) groups is 1. The summed E-state index contributed by atoms with van der Waals surface area (Å²) in [4.78, 5) is 15.2. The number of aliphatic hydroxyl groups excluding tert-OH is 1. The fourth-order valence-electron chi connectivity index (χ4n) is 3.34. The van der Waals surface area contributed by atoms with Crippen LogP contribution in [0.15, 0.2) is 11.4 Å². The number of hydrogen-bond acceptors (Lipinski definition) is 3. The van der Waals surface area contributed by atoms with Crippen LogP contribution in [-0.2, 0) is 0 Å². The first-order chi connectivity index (χ1) is 8.66. The molecule has 2 heterocycles. The fraction of sp³-hybridized carbons (Fsp3) is 0.643. The highest BCUT2D eigenvalue weighted by molar-refractivity contribution is 7.12. The second-order valence-corrected chi connectivity index (χ2v) is 6.48. The molecule has 1 saturated heterocycles. The Morgan fingerprint density at radius 3 is 2.94 bits per heavy atom. The quantitative estimate of drug-likeness (QED) is 0.846. The lowest BCUT2D eigenvalue weighted by Crippen LogP contribution is -2.32. The van der Waals surface area contributed by atoms with E-state index < -0.39 is 0 Å². The first kappa shape index (κ1) is 12.2. The molecule has 3 atom stereocenters. The van der Waals surface area contributed by atoms with Gasteiger partial charge in [-0.3, -0.25) is 4.79 Å². The van der Waals surface area contributed by atoms with Gasteiger partial charge >= 0.3 is 0 Å². The van der Waals surface area contributed by atoms with Crippen molar-refractivity contribution < 1.29 is 9.90 Å². The molecular formula is C14H19NO2S. The van der Waals surface area contributed by atoms with Gasteiger partial charge in [0.05, 0.1) is 11.0 Å². The van der Waals surface area contributed by atoms with Crippen LogP contribution in [0, 0.1) is 18.8 Å². The van der Waals surface area contributed by atoms with Gasteiger partial charge in [0, 0.05) is 19.0 Å². The highest BCUT2D eigenvalue weighted by Gasteiger charge is 2.41. The number of thiophene rings is 1. The van der Waals surface area contributed by atoms with Crippen LogP contribution in [0.4, 0.5) is 0 Å². The lowest BCUT2D eigenvalue weighted by molar-refractivity contribution is 0.0539. The molecule has 0 unspecified atom stereocenters. The molecular weight excluding hydrogens is 246 g/mol. The van der Waals surface area contributed by atoms with Gasteiger partial charge in [-0.25, -0.2) is 0 Å². The minimum atomic E-state index is -0.203. The monoisotopic (exact) mass is 265 g/mol. The normalized spacial score (nSPS) is 31.4. The molecule has 1 aliphatic heterocycles. The smallest absolute Gasteiger partial charge is 0.264 e. The maximum absolute atomic E-state index is 12.4. The molecule has 3 nitrogen and oxygen atoms in total. The molecule has 0 bridgehead atoms. The van der Waals surface area contributed by atoms with E-state index in [1.807, 2.05) is 23.3 Å². The average Bonchev–Trinajstić information content (AvgIpc) is 2.95. The second kappa shape index (κ2) is 4.67. The van der Waals surface area contributed by atoms with Crippen LogP contribution in [0.3, 0.4) is 0 Å². The van der Waals surface area contributed by atoms with Gasteiger partial charge in [0.1, 0.15) is 0 Å². The molecule has 2 aliphatic rings. The largest absolute Gasteiger partial charge is 0.393 e. The molecule has 0 radical (unpaired) electrons. The van der Waals surface area contributed by atoms with Crippen LogP contribution < -0.4 is 0 Å². The molecule has 1 aromatic heterocycles. The average molecular weight is 265 g/mol. The Balaban J connectivity index is 1.75. The van der Waals surface area contributed by atoms with Gasteiger partial charge in [0.15, 0.2) is 0 Å². The molecule has 1 amide bonds. The number of carbonyl (C=O) groups excluding carboxylic acids is 1. The number of fused-ring (bicyclic) bond motifs is 1. The van der Waals surface area contributed by atoms with Gasteiger partial charge in [-0.2, -0.15) is 0 Å². The van der Waals surface area contributed by atoms with E-state index in [2.05, 4.69) is 0 Å². The van der Waals surface area contributed by atoms with Crippen molar-refractivity contribution in [2.75, 3.05) is 13.1 Å². The van der Waals surface area contributed by atoms with Crippen LogP contribution in [0.2, 0.25) is 0 Å². The van der Waals surface area contributed by atoms with E-state index in [0.29, 0.717) is 11.8 Å². The predicted octanol–water partition coefficient (Wildman–Crippen LogP) is 2.29. The lowest BCUT2D eigenvalue weighted by Gasteiger charge is -2.28. The van der Waals surface area contributed by atoms with Crippen molar-refractivity contribution >= 4 is 17.2 Å². The summed E-state index contributed by atoms with van der Waals surface area (Å²) in [6, 6.07) is 2.00. The molecule has 1 aliphatic carbocycles. The first-order valence-corrected chi connectivity index (χ1v) is 7.56. The molecule has 18 heavy (non-hydrogen) atoms. The van der Waals surface area contributed by atoms with Gasteiger partial charge in [-0.05, 0) is 42.7 Å². The Labute approximate surface area is 111 Å². The van der Waals surface area contributed by atoms with Crippen LogP contribution in [0.1, 0.15) is 34.5 Å². The highest BCUT2D eigenvalue weighted by Crippen LogP contribution is 2.37. The maximum Gasteiger partial charge on any atom is 0.264 e. The van der Waals surface area contributed by atoms with E-state index in [1.54, 1.807) is 0 Å². The minimum absolute atomic E-state index is 0.157. The Hall–Kier alpha value is -0.870. The molecule has 0 spiro atoms. The van der Waals surface area contributed by atoms with E-state index in [9.17, 15) is 9.90 Å². The summed E-state index contributed by atoms with van der Waals surface area (Å²) in [6.07, 6.45) is 2.96.